The SMILES string of the molecule is NC1(C2(C3CCOCC3)CC2)CC1. The molecule has 1 saturated heterocycles. The number of rotatable bonds is 2. The molecular weight excluding hydrogens is 162 g/mol. The van der Waals surface area contributed by atoms with Crippen LogP contribution in [-0.2, 0) is 4.74 Å². The van der Waals surface area contributed by atoms with Crippen LogP contribution in [0.5, 0.6) is 0 Å². The summed E-state index contributed by atoms with van der Waals surface area (Å²) in [5.74, 6) is 0.883. The average molecular weight is 181 g/mol. The third kappa shape index (κ3) is 1.08. The van der Waals surface area contributed by atoms with E-state index in [-0.39, 0.29) is 5.54 Å². The van der Waals surface area contributed by atoms with Crippen molar-refractivity contribution in [2.24, 2.45) is 17.1 Å². The van der Waals surface area contributed by atoms with Gasteiger partial charge in [0.2, 0.25) is 0 Å². The van der Waals surface area contributed by atoms with Crippen molar-refractivity contribution < 1.29 is 4.74 Å². The van der Waals surface area contributed by atoms with Gasteiger partial charge in [-0.1, -0.05) is 0 Å². The van der Waals surface area contributed by atoms with Gasteiger partial charge in [-0.15, -0.1) is 0 Å². The summed E-state index contributed by atoms with van der Waals surface area (Å²) in [6.07, 6.45) is 7.88. The van der Waals surface area contributed by atoms with Gasteiger partial charge in [-0.3, -0.25) is 0 Å². The molecule has 3 rings (SSSR count). The minimum Gasteiger partial charge on any atom is -0.381 e. The van der Waals surface area contributed by atoms with Crippen molar-refractivity contribution in [3.63, 3.8) is 0 Å². The summed E-state index contributed by atoms with van der Waals surface area (Å²) in [5, 5.41) is 0. The highest BCUT2D eigenvalue weighted by molar-refractivity contribution is 5.21. The predicted octanol–water partition coefficient (Wildman–Crippen LogP) is 1.68. The summed E-state index contributed by atoms with van der Waals surface area (Å²) in [6, 6.07) is 0. The Morgan fingerprint density at radius 2 is 1.62 bits per heavy atom. The van der Waals surface area contributed by atoms with E-state index in [0.29, 0.717) is 5.41 Å². The summed E-state index contributed by atoms with van der Waals surface area (Å²) < 4.78 is 5.41. The second-order valence-electron chi connectivity index (χ2n) is 5.20. The first-order chi connectivity index (χ1) is 6.27. The quantitative estimate of drug-likeness (QED) is 0.703. The zero-order valence-corrected chi connectivity index (χ0v) is 8.22. The van der Waals surface area contributed by atoms with E-state index in [1.807, 2.05) is 0 Å². The molecule has 2 aliphatic carbocycles. The lowest BCUT2D eigenvalue weighted by atomic mass is 9.76. The molecule has 1 heterocycles. The maximum absolute atomic E-state index is 6.38. The van der Waals surface area contributed by atoms with Gasteiger partial charge < -0.3 is 10.5 Å². The molecule has 1 aliphatic heterocycles. The summed E-state index contributed by atoms with van der Waals surface area (Å²) in [6.45, 7) is 1.95. The summed E-state index contributed by atoms with van der Waals surface area (Å²) in [4.78, 5) is 0. The molecule has 0 aromatic carbocycles. The molecule has 0 atom stereocenters. The van der Waals surface area contributed by atoms with Crippen molar-refractivity contribution >= 4 is 0 Å². The number of nitrogens with two attached hydrogens (primary N) is 1. The molecule has 0 spiro atoms. The van der Waals surface area contributed by atoms with Crippen LogP contribution in [0.3, 0.4) is 0 Å². The van der Waals surface area contributed by atoms with E-state index in [4.69, 9.17) is 10.5 Å². The Kier molecular flexibility index (Phi) is 1.58. The first kappa shape index (κ1) is 8.25. The van der Waals surface area contributed by atoms with Crippen molar-refractivity contribution in [3.05, 3.63) is 0 Å². The van der Waals surface area contributed by atoms with Crippen LogP contribution >= 0.6 is 0 Å². The molecule has 2 N–H and O–H groups in total. The van der Waals surface area contributed by atoms with E-state index in [1.165, 1.54) is 38.5 Å². The van der Waals surface area contributed by atoms with E-state index >= 15 is 0 Å². The Balaban J connectivity index is 1.75. The fraction of sp³-hybridized carbons (Fsp3) is 1.00. The third-order valence-electron chi connectivity index (χ3n) is 4.57. The number of ether oxygens (including phenoxy) is 1. The smallest absolute Gasteiger partial charge is 0.0468 e. The van der Waals surface area contributed by atoms with Gasteiger partial charge in [0.15, 0.2) is 0 Å². The lowest BCUT2D eigenvalue weighted by Gasteiger charge is -2.34. The molecule has 2 saturated carbocycles. The zero-order valence-electron chi connectivity index (χ0n) is 8.22. The monoisotopic (exact) mass is 181 g/mol. The van der Waals surface area contributed by atoms with Crippen LogP contribution in [-0.4, -0.2) is 18.8 Å². The fourth-order valence-electron chi connectivity index (χ4n) is 3.33. The fourth-order valence-corrected chi connectivity index (χ4v) is 3.33. The normalized spacial score (nSPS) is 35.8. The van der Waals surface area contributed by atoms with Crippen molar-refractivity contribution in [2.75, 3.05) is 13.2 Å². The van der Waals surface area contributed by atoms with Gasteiger partial charge in [-0.05, 0) is 49.9 Å². The molecule has 3 fully saturated rings. The van der Waals surface area contributed by atoms with Crippen molar-refractivity contribution in [1.29, 1.82) is 0 Å². The molecule has 0 aromatic rings. The largest absolute Gasteiger partial charge is 0.381 e. The molecule has 13 heavy (non-hydrogen) atoms. The van der Waals surface area contributed by atoms with E-state index in [1.54, 1.807) is 0 Å². The highest BCUT2D eigenvalue weighted by atomic mass is 16.5. The van der Waals surface area contributed by atoms with Crippen LogP contribution in [0.4, 0.5) is 0 Å². The maximum Gasteiger partial charge on any atom is 0.0468 e. The molecule has 0 aromatic heterocycles. The molecule has 74 valence electrons. The summed E-state index contributed by atoms with van der Waals surface area (Å²) in [7, 11) is 0. The molecule has 0 amide bonds. The van der Waals surface area contributed by atoms with E-state index in [0.717, 1.165) is 19.1 Å². The maximum atomic E-state index is 6.38. The molecular formula is C11H19NO. The summed E-state index contributed by atoms with van der Waals surface area (Å²) in [5.41, 5.74) is 7.20. The van der Waals surface area contributed by atoms with Gasteiger partial charge in [0.1, 0.15) is 0 Å². The van der Waals surface area contributed by atoms with Gasteiger partial charge in [0.25, 0.3) is 0 Å². The molecule has 0 radical (unpaired) electrons. The standard InChI is InChI=1S/C11H19NO/c12-11(5-6-11)10(3-4-10)9-1-7-13-8-2-9/h9H,1-8,12H2. The van der Waals surface area contributed by atoms with Gasteiger partial charge in [0.05, 0.1) is 0 Å². The van der Waals surface area contributed by atoms with Crippen LogP contribution in [0.1, 0.15) is 38.5 Å². The second kappa shape index (κ2) is 2.48. The predicted molar refractivity (Wildman–Crippen MR) is 51.4 cm³/mol. The Bertz CT molecular complexity index is 212. The highest BCUT2D eigenvalue weighted by Gasteiger charge is 2.66. The molecule has 2 nitrogen and oxygen atoms in total. The van der Waals surface area contributed by atoms with Crippen LogP contribution in [0, 0.1) is 11.3 Å². The van der Waals surface area contributed by atoms with Crippen molar-refractivity contribution in [1.82, 2.24) is 0 Å². The van der Waals surface area contributed by atoms with Crippen LogP contribution < -0.4 is 5.73 Å². The van der Waals surface area contributed by atoms with Crippen LogP contribution in [0.2, 0.25) is 0 Å². The van der Waals surface area contributed by atoms with Crippen molar-refractivity contribution in [2.45, 2.75) is 44.1 Å². The molecule has 0 bridgehead atoms. The zero-order chi connectivity index (χ0) is 8.94. The van der Waals surface area contributed by atoms with Gasteiger partial charge in [0, 0.05) is 18.8 Å². The van der Waals surface area contributed by atoms with Gasteiger partial charge in [-0.25, -0.2) is 0 Å². The Morgan fingerprint density at radius 3 is 2.08 bits per heavy atom. The minimum absolute atomic E-state index is 0.259. The molecule has 2 heteroatoms. The Morgan fingerprint density at radius 1 is 1.00 bits per heavy atom. The van der Waals surface area contributed by atoms with Gasteiger partial charge >= 0.3 is 0 Å². The first-order valence-corrected chi connectivity index (χ1v) is 5.64. The minimum atomic E-state index is 0.259. The van der Waals surface area contributed by atoms with Crippen LogP contribution in [0.15, 0.2) is 0 Å². The third-order valence-corrected chi connectivity index (χ3v) is 4.57. The number of hydrogen-bond donors (Lipinski definition) is 1. The average Bonchev–Trinajstić information content (AvgIpc) is 3.01. The van der Waals surface area contributed by atoms with Gasteiger partial charge in [-0.2, -0.15) is 0 Å². The summed E-state index contributed by atoms with van der Waals surface area (Å²) >= 11 is 0. The first-order valence-electron chi connectivity index (χ1n) is 5.64. The topological polar surface area (TPSA) is 35.2 Å². The second-order valence-corrected chi connectivity index (χ2v) is 5.20. The molecule has 0 unspecified atom stereocenters. The Hall–Kier alpha value is -0.0800. The van der Waals surface area contributed by atoms with Crippen LogP contribution in [0.25, 0.3) is 0 Å². The van der Waals surface area contributed by atoms with E-state index < -0.39 is 0 Å². The van der Waals surface area contributed by atoms with Crippen molar-refractivity contribution in [3.8, 4) is 0 Å². The lowest BCUT2D eigenvalue weighted by molar-refractivity contribution is 0.0320. The Labute approximate surface area is 79.8 Å². The molecule has 3 aliphatic rings. The van der Waals surface area contributed by atoms with E-state index in [2.05, 4.69) is 0 Å². The van der Waals surface area contributed by atoms with E-state index in [9.17, 15) is 0 Å². The number of hydrogen-bond acceptors (Lipinski definition) is 2. The lowest BCUT2D eigenvalue weighted by Crippen LogP contribution is -2.41. The highest BCUT2D eigenvalue weighted by Crippen LogP contribution is 2.68.